The van der Waals surface area contributed by atoms with Crippen LogP contribution >= 0.6 is 0 Å². The molecule has 0 radical (unpaired) electrons. The number of amides is 1. The first-order valence-electron chi connectivity index (χ1n) is 5.91. The monoisotopic (exact) mass is 318 g/mol. The summed E-state index contributed by atoms with van der Waals surface area (Å²) in [6, 6.07) is 0. The first-order chi connectivity index (χ1) is 10.9. The number of hydrogen-bond donors (Lipinski definition) is 2. The van der Waals surface area contributed by atoms with Gasteiger partial charge >= 0.3 is 11.4 Å². The normalized spacial score (nSPS) is 10.8. The molecule has 0 aliphatic heterocycles. The fourth-order valence-electron chi connectivity index (χ4n) is 2.02. The van der Waals surface area contributed by atoms with Gasteiger partial charge in [-0.25, -0.2) is 9.50 Å². The highest BCUT2D eigenvalue weighted by atomic mass is 16.6. The van der Waals surface area contributed by atoms with Crippen LogP contribution in [0.3, 0.4) is 0 Å². The maximum Gasteiger partial charge on any atom is 0.346 e. The van der Waals surface area contributed by atoms with Crippen LogP contribution in [0.25, 0.3) is 16.9 Å². The number of H-pyrrole nitrogens is 1. The number of nitrogens with two attached hydrogens (primary N) is 1. The van der Waals surface area contributed by atoms with E-state index in [1.54, 1.807) is 0 Å². The number of carbonyl (C=O) groups is 1. The summed E-state index contributed by atoms with van der Waals surface area (Å²) in [5.41, 5.74) is 3.60. The number of nitro groups is 2. The maximum atomic E-state index is 11.3. The number of nitrogens with zero attached hydrogens (tertiary/aromatic N) is 6. The Kier molecular flexibility index (Phi) is 2.95. The smallest absolute Gasteiger partial charge is 0.346 e. The molecule has 3 N–H and O–H groups in total. The Hall–Kier alpha value is -3.90. The van der Waals surface area contributed by atoms with Crippen molar-refractivity contribution in [2.45, 2.75) is 0 Å². The zero-order chi connectivity index (χ0) is 16.7. The van der Waals surface area contributed by atoms with Gasteiger partial charge in [-0.3, -0.25) is 30.1 Å². The van der Waals surface area contributed by atoms with Crippen LogP contribution in [0.1, 0.15) is 10.5 Å². The van der Waals surface area contributed by atoms with Crippen molar-refractivity contribution in [1.29, 1.82) is 0 Å². The number of nitrogens with one attached hydrogen (secondary N) is 1. The molecule has 0 aromatic carbocycles. The zero-order valence-corrected chi connectivity index (χ0v) is 11.0. The summed E-state index contributed by atoms with van der Waals surface area (Å²) in [5.74, 6) is -1.09. The van der Waals surface area contributed by atoms with Gasteiger partial charge < -0.3 is 5.73 Å². The molecular weight excluding hydrogens is 312 g/mol. The van der Waals surface area contributed by atoms with Gasteiger partial charge in [0.2, 0.25) is 11.3 Å². The molecule has 3 heterocycles. The Morgan fingerprint density at radius 3 is 2.61 bits per heavy atom. The fraction of sp³-hybridized carbons (Fsp3) is 0. The number of fused-ring (bicyclic) bond motifs is 1. The molecule has 13 nitrogen and oxygen atoms in total. The molecule has 0 aliphatic rings. The Balaban J connectivity index is 2.24. The van der Waals surface area contributed by atoms with E-state index in [1.165, 1.54) is 6.20 Å². The van der Waals surface area contributed by atoms with E-state index >= 15 is 0 Å². The lowest BCUT2D eigenvalue weighted by Gasteiger charge is -1.98. The van der Waals surface area contributed by atoms with Gasteiger partial charge in [0.05, 0.1) is 9.85 Å². The molecule has 0 atom stereocenters. The summed E-state index contributed by atoms with van der Waals surface area (Å²) in [4.78, 5) is 35.6. The summed E-state index contributed by atoms with van der Waals surface area (Å²) >= 11 is 0. The van der Waals surface area contributed by atoms with Crippen LogP contribution < -0.4 is 5.73 Å². The Morgan fingerprint density at radius 1 is 1.26 bits per heavy atom. The summed E-state index contributed by atoms with van der Waals surface area (Å²) < 4.78 is 0.956. The molecule has 3 aromatic rings. The van der Waals surface area contributed by atoms with Crippen LogP contribution in [0.4, 0.5) is 11.4 Å². The minimum absolute atomic E-state index is 0.0446. The number of hydrogen-bond acceptors (Lipinski definition) is 8. The van der Waals surface area contributed by atoms with Crippen molar-refractivity contribution < 1.29 is 14.6 Å². The standard InChI is InChI=1S/C10H6N8O5/c11-9(19)7-8(18(22)23)10-12-1-4(3-16(10)15-7)6-5(17(20)21)2-13-14-6/h1-3H,(H2,11,19)(H,13,14). The Labute approximate surface area is 125 Å². The molecule has 0 saturated carbocycles. The SMILES string of the molecule is NC(=O)c1nn2cc(-c3[nH]ncc3[N+](=O)[O-])cnc2c1[N+](=O)[O-]. The van der Waals surface area contributed by atoms with E-state index in [0.29, 0.717) is 0 Å². The van der Waals surface area contributed by atoms with Gasteiger partial charge in [-0.15, -0.1) is 0 Å². The zero-order valence-electron chi connectivity index (χ0n) is 11.0. The lowest BCUT2D eigenvalue weighted by atomic mass is 10.2. The summed E-state index contributed by atoms with van der Waals surface area (Å²) in [5, 5.41) is 31.7. The molecule has 0 saturated heterocycles. The van der Waals surface area contributed by atoms with Crippen LogP contribution in [-0.4, -0.2) is 40.5 Å². The van der Waals surface area contributed by atoms with Crippen molar-refractivity contribution >= 4 is 22.9 Å². The Morgan fingerprint density at radius 2 is 2.00 bits per heavy atom. The first-order valence-corrected chi connectivity index (χ1v) is 5.91. The fourth-order valence-corrected chi connectivity index (χ4v) is 2.02. The van der Waals surface area contributed by atoms with E-state index in [2.05, 4.69) is 20.3 Å². The van der Waals surface area contributed by atoms with Crippen molar-refractivity contribution in [3.63, 3.8) is 0 Å². The van der Waals surface area contributed by atoms with Crippen LogP contribution in [-0.2, 0) is 0 Å². The van der Waals surface area contributed by atoms with E-state index in [-0.39, 0.29) is 22.6 Å². The topological polar surface area (TPSA) is 188 Å². The molecule has 3 rings (SSSR count). The van der Waals surface area contributed by atoms with Crippen molar-refractivity contribution in [2.75, 3.05) is 0 Å². The highest BCUT2D eigenvalue weighted by Gasteiger charge is 2.29. The van der Waals surface area contributed by atoms with Gasteiger partial charge in [-0.2, -0.15) is 10.2 Å². The van der Waals surface area contributed by atoms with Gasteiger partial charge in [0.25, 0.3) is 5.91 Å². The second-order valence-electron chi connectivity index (χ2n) is 4.32. The van der Waals surface area contributed by atoms with Crippen LogP contribution in [0.15, 0.2) is 18.6 Å². The number of aromatic nitrogens is 5. The molecule has 0 spiro atoms. The molecule has 3 aromatic heterocycles. The molecule has 0 aliphatic carbocycles. The number of primary amides is 1. The third kappa shape index (κ3) is 2.11. The summed E-state index contributed by atoms with van der Waals surface area (Å²) in [6.07, 6.45) is 3.41. The first kappa shape index (κ1) is 14.1. The number of rotatable bonds is 4. The van der Waals surface area contributed by atoms with Crippen LogP contribution in [0.2, 0.25) is 0 Å². The molecule has 13 heteroatoms. The van der Waals surface area contributed by atoms with Crippen LogP contribution in [0.5, 0.6) is 0 Å². The molecule has 0 bridgehead atoms. The van der Waals surface area contributed by atoms with Gasteiger partial charge in [0.1, 0.15) is 11.9 Å². The van der Waals surface area contributed by atoms with Gasteiger partial charge in [-0.1, -0.05) is 0 Å². The molecule has 0 unspecified atom stereocenters. The minimum Gasteiger partial charge on any atom is -0.364 e. The quantitative estimate of drug-likeness (QED) is 0.497. The largest absolute Gasteiger partial charge is 0.364 e. The number of aromatic amines is 1. The van der Waals surface area contributed by atoms with E-state index in [1.807, 2.05) is 0 Å². The molecule has 0 fully saturated rings. The van der Waals surface area contributed by atoms with Gasteiger partial charge in [0, 0.05) is 18.0 Å². The van der Waals surface area contributed by atoms with Gasteiger partial charge in [0.15, 0.2) is 0 Å². The lowest BCUT2D eigenvalue weighted by Crippen LogP contribution is -2.13. The van der Waals surface area contributed by atoms with Crippen LogP contribution in [0, 0.1) is 20.2 Å². The predicted molar refractivity (Wildman–Crippen MR) is 72.4 cm³/mol. The summed E-state index contributed by atoms with van der Waals surface area (Å²) in [7, 11) is 0. The minimum atomic E-state index is -1.09. The van der Waals surface area contributed by atoms with Gasteiger partial charge in [-0.05, 0) is 0 Å². The van der Waals surface area contributed by atoms with E-state index in [4.69, 9.17) is 5.73 Å². The third-order valence-corrected chi connectivity index (χ3v) is 2.97. The predicted octanol–water partition coefficient (Wildman–Crippen LogP) is 0.0347. The second kappa shape index (κ2) is 4.83. The highest BCUT2D eigenvalue weighted by Crippen LogP contribution is 2.29. The second-order valence-corrected chi connectivity index (χ2v) is 4.32. The maximum absolute atomic E-state index is 11.3. The highest BCUT2D eigenvalue weighted by molar-refractivity contribution is 5.97. The third-order valence-electron chi connectivity index (χ3n) is 2.97. The van der Waals surface area contributed by atoms with E-state index in [0.717, 1.165) is 16.9 Å². The Bertz CT molecular complexity index is 973. The van der Waals surface area contributed by atoms with E-state index in [9.17, 15) is 25.0 Å². The van der Waals surface area contributed by atoms with Crippen molar-refractivity contribution in [2.24, 2.45) is 5.73 Å². The van der Waals surface area contributed by atoms with E-state index < -0.39 is 27.1 Å². The molecule has 116 valence electrons. The summed E-state index contributed by atoms with van der Waals surface area (Å²) in [6.45, 7) is 0. The lowest BCUT2D eigenvalue weighted by molar-refractivity contribution is -0.384. The average molecular weight is 318 g/mol. The van der Waals surface area contributed by atoms with Crippen molar-refractivity contribution in [3.05, 3.63) is 44.5 Å². The molecular formula is C10H6N8O5. The van der Waals surface area contributed by atoms with Crippen molar-refractivity contribution in [1.82, 2.24) is 24.8 Å². The molecule has 1 amide bonds. The average Bonchev–Trinajstić information content (AvgIpc) is 3.10. The number of carbonyl (C=O) groups excluding carboxylic acids is 1. The molecule has 23 heavy (non-hydrogen) atoms. The van der Waals surface area contributed by atoms with Crippen molar-refractivity contribution in [3.8, 4) is 11.3 Å².